The van der Waals surface area contributed by atoms with Crippen molar-refractivity contribution in [1.29, 1.82) is 0 Å². The largest absolute Gasteiger partial charge is 0.370 e. The number of ether oxygens (including phenoxy) is 1. The van der Waals surface area contributed by atoms with Crippen LogP contribution in [-0.4, -0.2) is 48.6 Å². The van der Waals surface area contributed by atoms with Gasteiger partial charge in [-0.1, -0.05) is 24.3 Å². The number of nitrogens with zero attached hydrogens (tertiary/aromatic N) is 1. The van der Waals surface area contributed by atoms with E-state index < -0.39 is 6.04 Å². The molecule has 0 aliphatic carbocycles. The van der Waals surface area contributed by atoms with Crippen LogP contribution in [-0.2, 0) is 9.53 Å². The van der Waals surface area contributed by atoms with Crippen LogP contribution in [0.15, 0.2) is 24.3 Å². The zero-order valence-corrected chi connectivity index (χ0v) is 13.6. The van der Waals surface area contributed by atoms with E-state index in [0.717, 1.165) is 17.7 Å². The number of nitrogens with two attached hydrogens (primary N) is 1. The number of morpholine rings is 1. The predicted molar refractivity (Wildman–Crippen MR) is 87.4 cm³/mol. The average molecular weight is 308 g/mol. The molecule has 116 valence electrons. The highest BCUT2D eigenvalue weighted by molar-refractivity contribution is 7.98. The van der Waals surface area contributed by atoms with Gasteiger partial charge in [-0.3, -0.25) is 4.79 Å². The van der Waals surface area contributed by atoms with Crippen LogP contribution in [0.2, 0.25) is 0 Å². The van der Waals surface area contributed by atoms with Crippen molar-refractivity contribution in [1.82, 2.24) is 4.90 Å². The summed E-state index contributed by atoms with van der Waals surface area (Å²) in [6, 6.07) is 7.78. The van der Waals surface area contributed by atoms with Crippen molar-refractivity contribution >= 4 is 17.7 Å². The molecular formula is C16H24N2O2S. The molecule has 1 heterocycles. The Morgan fingerprint density at radius 1 is 1.52 bits per heavy atom. The zero-order chi connectivity index (χ0) is 15.2. The van der Waals surface area contributed by atoms with Gasteiger partial charge in [0.15, 0.2) is 0 Å². The van der Waals surface area contributed by atoms with E-state index in [1.807, 2.05) is 23.3 Å². The minimum atomic E-state index is -0.395. The van der Waals surface area contributed by atoms with Gasteiger partial charge in [0, 0.05) is 6.54 Å². The SMILES string of the molecule is CSCC[C@@H](N)C(=O)N1CCO[C@@H](c2ccccc2C)C1. The molecule has 4 nitrogen and oxygen atoms in total. The number of thioether (sulfide) groups is 1. The Hall–Kier alpha value is -1.04. The van der Waals surface area contributed by atoms with Gasteiger partial charge >= 0.3 is 0 Å². The molecule has 0 unspecified atom stereocenters. The highest BCUT2D eigenvalue weighted by Gasteiger charge is 2.28. The van der Waals surface area contributed by atoms with E-state index in [1.165, 1.54) is 5.56 Å². The van der Waals surface area contributed by atoms with Crippen LogP contribution in [0.3, 0.4) is 0 Å². The Kier molecular flexibility index (Phi) is 6.08. The Bertz CT molecular complexity index is 481. The molecule has 0 aromatic heterocycles. The molecule has 0 radical (unpaired) electrons. The molecular weight excluding hydrogens is 284 g/mol. The quantitative estimate of drug-likeness (QED) is 0.903. The summed E-state index contributed by atoms with van der Waals surface area (Å²) in [6.07, 6.45) is 2.71. The number of aryl methyl sites for hydroxylation is 1. The molecule has 1 fully saturated rings. The first kappa shape index (κ1) is 16.3. The number of hydrogen-bond donors (Lipinski definition) is 1. The first-order valence-electron chi connectivity index (χ1n) is 7.34. The van der Waals surface area contributed by atoms with Gasteiger partial charge in [0.25, 0.3) is 0 Å². The van der Waals surface area contributed by atoms with Crippen LogP contribution in [0.25, 0.3) is 0 Å². The van der Waals surface area contributed by atoms with Gasteiger partial charge in [-0.25, -0.2) is 0 Å². The second kappa shape index (κ2) is 7.82. The van der Waals surface area contributed by atoms with Crippen LogP contribution in [0, 0.1) is 6.92 Å². The third kappa shape index (κ3) is 4.22. The monoisotopic (exact) mass is 308 g/mol. The zero-order valence-electron chi connectivity index (χ0n) is 12.7. The number of carbonyl (C=O) groups is 1. The Morgan fingerprint density at radius 2 is 2.29 bits per heavy atom. The van der Waals surface area contributed by atoms with Crippen LogP contribution >= 0.6 is 11.8 Å². The lowest BCUT2D eigenvalue weighted by Gasteiger charge is -2.35. The summed E-state index contributed by atoms with van der Waals surface area (Å²) >= 11 is 1.72. The second-order valence-corrected chi connectivity index (χ2v) is 6.37. The number of amides is 1. The van der Waals surface area contributed by atoms with Crippen molar-refractivity contribution in [3.63, 3.8) is 0 Å². The molecule has 2 N–H and O–H groups in total. The maximum Gasteiger partial charge on any atom is 0.239 e. The summed E-state index contributed by atoms with van der Waals surface area (Å²) in [5.74, 6) is 0.962. The van der Waals surface area contributed by atoms with Crippen molar-refractivity contribution in [3.8, 4) is 0 Å². The fraction of sp³-hybridized carbons (Fsp3) is 0.562. The van der Waals surface area contributed by atoms with E-state index in [1.54, 1.807) is 11.8 Å². The summed E-state index contributed by atoms with van der Waals surface area (Å²) in [6.45, 7) is 3.87. The van der Waals surface area contributed by atoms with Crippen LogP contribution < -0.4 is 5.73 Å². The molecule has 2 rings (SSSR count). The minimum Gasteiger partial charge on any atom is -0.370 e. The van der Waals surface area contributed by atoms with Crippen molar-refractivity contribution < 1.29 is 9.53 Å². The van der Waals surface area contributed by atoms with Gasteiger partial charge in [0.2, 0.25) is 5.91 Å². The van der Waals surface area contributed by atoms with Gasteiger partial charge in [0.1, 0.15) is 6.10 Å². The molecule has 21 heavy (non-hydrogen) atoms. The standard InChI is InChI=1S/C16H24N2O2S/c1-12-5-3-4-6-13(12)15-11-18(8-9-20-15)16(19)14(17)7-10-21-2/h3-6,14-15H,7-11,17H2,1-2H3/t14-,15-/m1/s1. The van der Waals surface area contributed by atoms with Gasteiger partial charge in [-0.15, -0.1) is 0 Å². The summed E-state index contributed by atoms with van der Waals surface area (Å²) < 4.78 is 5.85. The van der Waals surface area contributed by atoms with Crippen LogP contribution in [0.4, 0.5) is 0 Å². The summed E-state index contributed by atoms with van der Waals surface area (Å²) in [5.41, 5.74) is 8.36. The molecule has 0 bridgehead atoms. The summed E-state index contributed by atoms with van der Waals surface area (Å²) in [5, 5.41) is 0. The van der Waals surface area contributed by atoms with Crippen molar-refractivity contribution in [3.05, 3.63) is 35.4 Å². The average Bonchev–Trinajstić information content (AvgIpc) is 2.52. The maximum atomic E-state index is 12.4. The Morgan fingerprint density at radius 3 is 3.00 bits per heavy atom. The van der Waals surface area contributed by atoms with E-state index in [9.17, 15) is 4.79 Å². The van der Waals surface area contributed by atoms with E-state index in [0.29, 0.717) is 19.7 Å². The molecule has 1 amide bonds. The minimum absolute atomic E-state index is 0.0448. The lowest BCUT2D eigenvalue weighted by Crippen LogP contribution is -2.49. The summed E-state index contributed by atoms with van der Waals surface area (Å²) in [4.78, 5) is 14.3. The lowest BCUT2D eigenvalue weighted by atomic mass is 10.0. The van der Waals surface area contributed by atoms with Gasteiger partial charge in [-0.2, -0.15) is 11.8 Å². The van der Waals surface area contributed by atoms with Gasteiger partial charge in [0.05, 0.1) is 19.2 Å². The molecule has 1 aromatic carbocycles. The first-order valence-corrected chi connectivity index (χ1v) is 8.73. The molecule has 1 saturated heterocycles. The van der Waals surface area contributed by atoms with E-state index in [4.69, 9.17) is 10.5 Å². The maximum absolute atomic E-state index is 12.4. The Labute approximate surface area is 131 Å². The van der Waals surface area contributed by atoms with Crippen LogP contribution in [0.1, 0.15) is 23.7 Å². The van der Waals surface area contributed by atoms with Crippen molar-refractivity contribution in [2.24, 2.45) is 5.73 Å². The molecule has 0 spiro atoms. The molecule has 1 aliphatic rings. The topological polar surface area (TPSA) is 55.6 Å². The molecule has 1 aliphatic heterocycles. The van der Waals surface area contributed by atoms with Crippen LogP contribution in [0.5, 0.6) is 0 Å². The van der Waals surface area contributed by atoms with Crippen molar-refractivity contribution in [2.45, 2.75) is 25.5 Å². The first-order chi connectivity index (χ1) is 10.1. The van der Waals surface area contributed by atoms with E-state index in [2.05, 4.69) is 19.1 Å². The fourth-order valence-electron chi connectivity index (χ4n) is 2.59. The highest BCUT2D eigenvalue weighted by atomic mass is 32.2. The normalized spacial score (nSPS) is 20.3. The molecule has 0 saturated carbocycles. The number of rotatable bonds is 5. The van der Waals surface area contributed by atoms with E-state index in [-0.39, 0.29) is 12.0 Å². The summed E-state index contributed by atoms with van der Waals surface area (Å²) in [7, 11) is 0. The molecule has 5 heteroatoms. The third-order valence-corrected chi connectivity index (χ3v) is 4.51. The smallest absolute Gasteiger partial charge is 0.239 e. The van der Waals surface area contributed by atoms with Gasteiger partial charge in [-0.05, 0) is 36.5 Å². The molecule has 2 atom stereocenters. The Balaban J connectivity index is 2.00. The van der Waals surface area contributed by atoms with Gasteiger partial charge < -0.3 is 15.4 Å². The highest BCUT2D eigenvalue weighted by Crippen LogP contribution is 2.25. The number of carbonyl (C=O) groups excluding carboxylic acids is 1. The van der Waals surface area contributed by atoms with Crippen molar-refractivity contribution in [2.75, 3.05) is 31.7 Å². The second-order valence-electron chi connectivity index (χ2n) is 5.39. The fourth-order valence-corrected chi connectivity index (χ4v) is 3.08. The van der Waals surface area contributed by atoms with E-state index >= 15 is 0 Å². The number of benzene rings is 1. The number of hydrogen-bond acceptors (Lipinski definition) is 4. The third-order valence-electron chi connectivity index (χ3n) is 3.86. The molecule has 1 aromatic rings. The predicted octanol–water partition coefficient (Wildman–Crippen LogP) is 1.98. The lowest BCUT2D eigenvalue weighted by molar-refractivity contribution is -0.140.